The first kappa shape index (κ1) is 20.9. The molecule has 0 unspecified atom stereocenters. The number of aromatic nitrogens is 1. The van der Waals surface area contributed by atoms with Crippen LogP contribution in [-0.4, -0.2) is 17.1 Å². The number of rotatable bonds is 6. The molecule has 3 aromatic rings. The minimum Gasteiger partial charge on any atom is -0.494 e. The Morgan fingerprint density at radius 1 is 1.13 bits per heavy atom. The van der Waals surface area contributed by atoms with E-state index in [9.17, 15) is 10.1 Å². The molecule has 0 saturated heterocycles. The van der Waals surface area contributed by atoms with Crippen molar-refractivity contribution >= 4 is 17.7 Å². The quantitative estimate of drug-likeness (QED) is 0.449. The van der Waals surface area contributed by atoms with Gasteiger partial charge >= 0.3 is 0 Å². The van der Waals surface area contributed by atoms with Crippen LogP contribution in [-0.2, 0) is 4.79 Å². The van der Waals surface area contributed by atoms with Crippen LogP contribution in [0.5, 0.6) is 5.75 Å². The molecule has 0 spiro atoms. The van der Waals surface area contributed by atoms with Crippen LogP contribution in [0.3, 0.4) is 0 Å². The summed E-state index contributed by atoms with van der Waals surface area (Å²) in [5.74, 6) is 0.289. The molecule has 1 heterocycles. The molecule has 5 heteroatoms. The number of ether oxygens (including phenoxy) is 1. The number of amides is 1. The van der Waals surface area contributed by atoms with Gasteiger partial charge < -0.3 is 14.6 Å². The maximum absolute atomic E-state index is 12.6. The summed E-state index contributed by atoms with van der Waals surface area (Å²) >= 11 is 0. The Morgan fingerprint density at radius 3 is 2.50 bits per heavy atom. The van der Waals surface area contributed by atoms with Crippen molar-refractivity contribution in [1.82, 2.24) is 4.57 Å². The monoisotopic (exact) mass is 399 g/mol. The zero-order valence-electron chi connectivity index (χ0n) is 17.7. The molecule has 5 nitrogen and oxygen atoms in total. The van der Waals surface area contributed by atoms with Gasteiger partial charge in [-0.2, -0.15) is 5.26 Å². The first-order chi connectivity index (χ1) is 14.4. The minimum absolute atomic E-state index is 0.0494. The van der Waals surface area contributed by atoms with E-state index in [-0.39, 0.29) is 5.57 Å². The Kier molecular flexibility index (Phi) is 6.38. The molecular weight excluding hydrogens is 374 g/mol. The molecule has 0 fully saturated rings. The molecular formula is C25H25N3O2. The molecule has 0 saturated carbocycles. The van der Waals surface area contributed by atoms with Gasteiger partial charge in [-0.25, -0.2) is 0 Å². The highest BCUT2D eigenvalue weighted by atomic mass is 16.5. The molecule has 152 valence electrons. The summed E-state index contributed by atoms with van der Waals surface area (Å²) in [5.41, 5.74) is 5.73. The summed E-state index contributed by atoms with van der Waals surface area (Å²) in [4.78, 5) is 12.6. The van der Waals surface area contributed by atoms with E-state index in [4.69, 9.17) is 4.74 Å². The highest BCUT2D eigenvalue weighted by Crippen LogP contribution is 2.24. The van der Waals surface area contributed by atoms with Gasteiger partial charge in [-0.05, 0) is 87.4 Å². The molecule has 2 aromatic carbocycles. The standard InChI is InChI=1S/C25H25N3O2/c1-5-30-24-11-9-22(10-12-24)27-25(29)21(16-26)15-20-14-18(3)28(19(20)4)23-8-6-7-17(2)13-23/h6-15H,5H2,1-4H3,(H,27,29). The van der Waals surface area contributed by atoms with Crippen molar-refractivity contribution < 1.29 is 9.53 Å². The van der Waals surface area contributed by atoms with Crippen molar-refractivity contribution in [3.8, 4) is 17.5 Å². The van der Waals surface area contributed by atoms with Crippen molar-refractivity contribution in [2.45, 2.75) is 27.7 Å². The van der Waals surface area contributed by atoms with Crippen molar-refractivity contribution in [2.75, 3.05) is 11.9 Å². The third-order valence-corrected chi connectivity index (χ3v) is 4.82. The maximum Gasteiger partial charge on any atom is 0.266 e. The zero-order valence-corrected chi connectivity index (χ0v) is 17.7. The van der Waals surface area contributed by atoms with Gasteiger partial charge in [0.1, 0.15) is 17.4 Å². The fraction of sp³-hybridized carbons (Fsp3) is 0.200. The number of carbonyl (C=O) groups is 1. The molecule has 30 heavy (non-hydrogen) atoms. The van der Waals surface area contributed by atoms with Crippen molar-refractivity contribution in [3.05, 3.63) is 82.7 Å². The van der Waals surface area contributed by atoms with E-state index in [1.807, 2.05) is 45.0 Å². The van der Waals surface area contributed by atoms with E-state index >= 15 is 0 Å². The topological polar surface area (TPSA) is 67.0 Å². The Hall–Kier alpha value is -3.78. The van der Waals surface area contributed by atoms with Gasteiger partial charge in [0.05, 0.1) is 6.61 Å². The van der Waals surface area contributed by atoms with Crippen molar-refractivity contribution in [3.63, 3.8) is 0 Å². The van der Waals surface area contributed by atoms with E-state index in [1.165, 1.54) is 5.56 Å². The first-order valence-electron chi connectivity index (χ1n) is 9.85. The smallest absolute Gasteiger partial charge is 0.266 e. The van der Waals surface area contributed by atoms with E-state index in [2.05, 4.69) is 28.9 Å². The summed E-state index contributed by atoms with van der Waals surface area (Å²) in [7, 11) is 0. The number of hydrogen-bond donors (Lipinski definition) is 1. The third kappa shape index (κ3) is 4.61. The summed E-state index contributed by atoms with van der Waals surface area (Å²) in [5, 5.41) is 12.3. The van der Waals surface area contributed by atoms with Gasteiger partial charge in [-0.1, -0.05) is 12.1 Å². The average Bonchev–Trinajstić information content (AvgIpc) is 3.00. The Morgan fingerprint density at radius 2 is 1.87 bits per heavy atom. The van der Waals surface area contributed by atoms with Gasteiger partial charge in [-0.15, -0.1) is 0 Å². The van der Waals surface area contributed by atoms with Crippen molar-refractivity contribution in [2.24, 2.45) is 0 Å². The lowest BCUT2D eigenvalue weighted by Crippen LogP contribution is -2.13. The van der Waals surface area contributed by atoms with Crippen molar-refractivity contribution in [1.29, 1.82) is 5.26 Å². The second kappa shape index (κ2) is 9.15. The number of benzene rings is 2. The van der Waals surface area contributed by atoms with Gasteiger partial charge in [0.15, 0.2) is 0 Å². The van der Waals surface area contributed by atoms with Gasteiger partial charge in [-0.3, -0.25) is 4.79 Å². The number of carbonyl (C=O) groups excluding carboxylic acids is 1. The van der Waals surface area contributed by atoms with E-state index < -0.39 is 5.91 Å². The SMILES string of the molecule is CCOc1ccc(NC(=O)C(C#N)=Cc2cc(C)n(-c3cccc(C)c3)c2C)cc1. The molecule has 3 rings (SSSR count). The number of hydrogen-bond acceptors (Lipinski definition) is 3. The fourth-order valence-corrected chi connectivity index (χ4v) is 3.40. The molecule has 1 N–H and O–H groups in total. The van der Waals surface area contributed by atoms with E-state index in [0.29, 0.717) is 12.3 Å². The second-order valence-corrected chi connectivity index (χ2v) is 7.08. The predicted octanol–water partition coefficient (Wildman–Crippen LogP) is 5.35. The predicted molar refractivity (Wildman–Crippen MR) is 120 cm³/mol. The largest absolute Gasteiger partial charge is 0.494 e. The number of nitriles is 1. The summed E-state index contributed by atoms with van der Waals surface area (Å²) < 4.78 is 7.53. The van der Waals surface area contributed by atoms with Crippen LogP contribution in [0, 0.1) is 32.1 Å². The summed E-state index contributed by atoms with van der Waals surface area (Å²) in [6.45, 7) is 8.54. The Bertz CT molecular complexity index is 1130. The third-order valence-electron chi connectivity index (χ3n) is 4.82. The molecule has 0 aliphatic rings. The Labute approximate surface area is 177 Å². The number of anilines is 1. The van der Waals surface area contributed by atoms with Crippen LogP contribution < -0.4 is 10.1 Å². The molecule has 0 aliphatic carbocycles. The van der Waals surface area contributed by atoms with Crippen LogP contribution >= 0.6 is 0 Å². The molecule has 1 amide bonds. The zero-order chi connectivity index (χ0) is 21.7. The summed E-state index contributed by atoms with van der Waals surface area (Å²) in [6, 6.07) is 19.3. The lowest BCUT2D eigenvalue weighted by Gasteiger charge is -2.10. The highest BCUT2D eigenvalue weighted by Gasteiger charge is 2.14. The average molecular weight is 399 g/mol. The molecule has 0 aliphatic heterocycles. The lowest BCUT2D eigenvalue weighted by atomic mass is 10.1. The van der Waals surface area contributed by atoms with Gasteiger partial charge in [0.25, 0.3) is 5.91 Å². The molecule has 0 bridgehead atoms. The first-order valence-corrected chi connectivity index (χ1v) is 9.85. The normalized spacial score (nSPS) is 11.1. The van der Waals surface area contributed by atoms with E-state index in [0.717, 1.165) is 28.4 Å². The number of nitrogens with zero attached hydrogens (tertiary/aromatic N) is 2. The fourth-order valence-electron chi connectivity index (χ4n) is 3.40. The Balaban J connectivity index is 1.86. The molecule has 1 aromatic heterocycles. The van der Waals surface area contributed by atoms with Gasteiger partial charge in [0.2, 0.25) is 0 Å². The lowest BCUT2D eigenvalue weighted by molar-refractivity contribution is -0.112. The van der Waals surface area contributed by atoms with E-state index in [1.54, 1.807) is 30.3 Å². The summed E-state index contributed by atoms with van der Waals surface area (Å²) in [6.07, 6.45) is 1.64. The number of aryl methyl sites for hydroxylation is 2. The molecule has 0 radical (unpaired) electrons. The van der Waals surface area contributed by atoms with Crippen LogP contribution in [0.1, 0.15) is 29.4 Å². The highest BCUT2D eigenvalue weighted by molar-refractivity contribution is 6.09. The van der Waals surface area contributed by atoms with Crippen LogP contribution in [0.15, 0.2) is 60.2 Å². The van der Waals surface area contributed by atoms with Crippen LogP contribution in [0.4, 0.5) is 5.69 Å². The molecule has 0 atom stereocenters. The minimum atomic E-state index is -0.443. The maximum atomic E-state index is 12.6. The van der Waals surface area contributed by atoms with Gasteiger partial charge in [0, 0.05) is 22.8 Å². The van der Waals surface area contributed by atoms with Crippen LogP contribution in [0.2, 0.25) is 0 Å². The number of nitrogens with one attached hydrogen (secondary N) is 1. The second-order valence-electron chi connectivity index (χ2n) is 7.08. The van der Waals surface area contributed by atoms with Crippen LogP contribution in [0.25, 0.3) is 11.8 Å².